The zero-order valence-corrected chi connectivity index (χ0v) is 13.4. The zero-order chi connectivity index (χ0) is 15.7. The molecule has 0 saturated carbocycles. The van der Waals surface area contributed by atoms with E-state index in [4.69, 9.17) is 0 Å². The molecular weight excluding hydrogens is 276 g/mol. The third-order valence-corrected chi connectivity index (χ3v) is 4.99. The second-order valence-electron chi connectivity index (χ2n) is 6.47. The van der Waals surface area contributed by atoms with Crippen LogP contribution >= 0.6 is 0 Å². The summed E-state index contributed by atoms with van der Waals surface area (Å²) in [6.07, 6.45) is 2.52. The van der Waals surface area contributed by atoms with Crippen LogP contribution in [0.1, 0.15) is 43.9 Å². The third-order valence-electron chi connectivity index (χ3n) is 4.99. The van der Waals surface area contributed by atoms with E-state index in [1.807, 2.05) is 36.1 Å². The molecule has 1 atom stereocenters. The summed E-state index contributed by atoms with van der Waals surface area (Å²) in [6, 6.07) is 7.44. The summed E-state index contributed by atoms with van der Waals surface area (Å²) in [5.74, 6) is 0.839. The summed E-state index contributed by atoms with van der Waals surface area (Å²) < 4.78 is 0. The van der Waals surface area contributed by atoms with Gasteiger partial charge in [0.1, 0.15) is 6.04 Å². The van der Waals surface area contributed by atoms with Crippen molar-refractivity contribution in [1.82, 2.24) is 9.80 Å². The van der Waals surface area contributed by atoms with Crippen LogP contribution in [0.25, 0.3) is 0 Å². The Morgan fingerprint density at radius 2 is 1.91 bits per heavy atom. The molecule has 0 bridgehead atoms. The lowest BCUT2D eigenvalue weighted by molar-refractivity contribution is -0.147. The lowest BCUT2D eigenvalue weighted by atomic mass is 9.90. The second kappa shape index (κ2) is 6.11. The molecule has 3 rings (SSSR count). The van der Waals surface area contributed by atoms with Crippen molar-refractivity contribution in [3.63, 3.8) is 0 Å². The Hall–Kier alpha value is -1.84. The fourth-order valence-electron chi connectivity index (χ4n) is 3.57. The first-order valence-electron chi connectivity index (χ1n) is 8.28. The van der Waals surface area contributed by atoms with Crippen molar-refractivity contribution in [3.05, 3.63) is 35.4 Å². The number of likely N-dealkylation sites (tertiary alicyclic amines) is 1. The standard InChI is InChI=1S/C18H24N2O2/c1-3-20-16(21)12-14-6-4-5-7-15(14)17(20)18(22)19-10-8-13(2)9-11-19/h4-7,13,17H,3,8-12H2,1-2H3/t17-/m1/s1. The number of hydrogen-bond donors (Lipinski definition) is 0. The molecule has 2 amide bonds. The number of likely N-dealkylation sites (N-methyl/N-ethyl adjacent to an activating group) is 1. The largest absolute Gasteiger partial charge is 0.341 e. The Balaban J connectivity index is 1.92. The van der Waals surface area contributed by atoms with E-state index in [1.54, 1.807) is 4.90 Å². The van der Waals surface area contributed by atoms with Crippen molar-refractivity contribution >= 4 is 11.8 Å². The maximum absolute atomic E-state index is 13.1. The van der Waals surface area contributed by atoms with Gasteiger partial charge in [-0.25, -0.2) is 0 Å². The molecule has 0 spiro atoms. The van der Waals surface area contributed by atoms with E-state index >= 15 is 0 Å². The summed E-state index contributed by atoms with van der Waals surface area (Å²) in [5.41, 5.74) is 2.01. The van der Waals surface area contributed by atoms with Gasteiger partial charge in [-0.3, -0.25) is 9.59 Å². The molecule has 2 aliphatic rings. The number of hydrogen-bond acceptors (Lipinski definition) is 2. The summed E-state index contributed by atoms with van der Waals surface area (Å²) in [4.78, 5) is 29.1. The fraction of sp³-hybridized carbons (Fsp3) is 0.556. The third kappa shape index (κ3) is 2.62. The van der Waals surface area contributed by atoms with Crippen molar-refractivity contribution in [2.45, 2.75) is 39.2 Å². The van der Waals surface area contributed by atoms with Crippen LogP contribution in [0.5, 0.6) is 0 Å². The smallest absolute Gasteiger partial charge is 0.250 e. The minimum Gasteiger partial charge on any atom is -0.341 e. The van der Waals surface area contributed by atoms with Crippen LogP contribution in [-0.4, -0.2) is 41.2 Å². The lowest BCUT2D eigenvalue weighted by Gasteiger charge is -2.40. The second-order valence-corrected chi connectivity index (χ2v) is 6.47. The van der Waals surface area contributed by atoms with E-state index in [2.05, 4.69) is 6.92 Å². The van der Waals surface area contributed by atoms with Crippen LogP contribution < -0.4 is 0 Å². The number of fused-ring (bicyclic) bond motifs is 1. The van der Waals surface area contributed by atoms with Crippen LogP contribution in [0.15, 0.2) is 24.3 Å². The topological polar surface area (TPSA) is 40.6 Å². The van der Waals surface area contributed by atoms with E-state index in [0.29, 0.717) is 18.9 Å². The van der Waals surface area contributed by atoms with Crippen LogP contribution in [-0.2, 0) is 16.0 Å². The number of piperidine rings is 1. The highest BCUT2D eigenvalue weighted by Gasteiger charge is 2.38. The van der Waals surface area contributed by atoms with E-state index in [9.17, 15) is 9.59 Å². The number of benzene rings is 1. The van der Waals surface area contributed by atoms with Crippen LogP contribution in [0, 0.1) is 5.92 Å². The first kappa shape index (κ1) is 15.1. The van der Waals surface area contributed by atoms with Gasteiger partial charge in [0.2, 0.25) is 11.8 Å². The average molecular weight is 300 g/mol. The van der Waals surface area contributed by atoms with Crippen molar-refractivity contribution in [2.75, 3.05) is 19.6 Å². The highest BCUT2D eigenvalue weighted by atomic mass is 16.2. The molecular formula is C18H24N2O2. The van der Waals surface area contributed by atoms with Crippen LogP contribution in [0.4, 0.5) is 0 Å². The highest BCUT2D eigenvalue weighted by molar-refractivity contribution is 5.92. The predicted molar refractivity (Wildman–Crippen MR) is 85.3 cm³/mol. The molecule has 0 aliphatic carbocycles. The first-order chi connectivity index (χ1) is 10.6. The molecule has 22 heavy (non-hydrogen) atoms. The van der Waals surface area contributed by atoms with Gasteiger partial charge in [0.15, 0.2) is 0 Å². The molecule has 2 heterocycles. The van der Waals surface area contributed by atoms with Gasteiger partial charge in [-0.15, -0.1) is 0 Å². The maximum Gasteiger partial charge on any atom is 0.250 e. The van der Waals surface area contributed by atoms with E-state index in [0.717, 1.165) is 37.1 Å². The number of nitrogens with zero attached hydrogens (tertiary/aromatic N) is 2. The van der Waals surface area contributed by atoms with E-state index in [-0.39, 0.29) is 11.8 Å². The molecule has 0 aromatic heterocycles. The van der Waals surface area contributed by atoms with Gasteiger partial charge in [0, 0.05) is 19.6 Å². The van der Waals surface area contributed by atoms with E-state index < -0.39 is 6.04 Å². The maximum atomic E-state index is 13.1. The minimum absolute atomic E-state index is 0.0601. The quantitative estimate of drug-likeness (QED) is 0.841. The van der Waals surface area contributed by atoms with Crippen LogP contribution in [0.2, 0.25) is 0 Å². The molecule has 4 heteroatoms. The Kier molecular flexibility index (Phi) is 4.19. The first-order valence-corrected chi connectivity index (χ1v) is 8.28. The molecule has 0 N–H and O–H groups in total. The average Bonchev–Trinajstić information content (AvgIpc) is 2.53. The van der Waals surface area contributed by atoms with Gasteiger partial charge in [-0.05, 0) is 36.8 Å². The van der Waals surface area contributed by atoms with Crippen molar-refractivity contribution in [1.29, 1.82) is 0 Å². The normalized spacial score (nSPS) is 22.6. The molecule has 2 aliphatic heterocycles. The van der Waals surface area contributed by atoms with Gasteiger partial charge < -0.3 is 9.80 Å². The molecule has 1 aromatic rings. The zero-order valence-electron chi connectivity index (χ0n) is 13.4. The Bertz CT molecular complexity index is 576. The molecule has 0 unspecified atom stereocenters. The number of carbonyl (C=O) groups excluding carboxylic acids is 2. The summed E-state index contributed by atoms with van der Waals surface area (Å²) in [5, 5.41) is 0. The van der Waals surface area contributed by atoms with Gasteiger partial charge >= 0.3 is 0 Å². The predicted octanol–water partition coefficient (Wildman–Crippen LogP) is 2.39. The van der Waals surface area contributed by atoms with Gasteiger partial charge in [0.25, 0.3) is 0 Å². The Morgan fingerprint density at radius 1 is 1.23 bits per heavy atom. The highest BCUT2D eigenvalue weighted by Crippen LogP contribution is 2.32. The molecule has 1 saturated heterocycles. The lowest BCUT2D eigenvalue weighted by Crippen LogP contribution is -2.50. The van der Waals surface area contributed by atoms with Crippen molar-refractivity contribution in [3.8, 4) is 0 Å². The monoisotopic (exact) mass is 300 g/mol. The summed E-state index contributed by atoms with van der Waals surface area (Å²) >= 11 is 0. The molecule has 118 valence electrons. The number of rotatable bonds is 2. The Morgan fingerprint density at radius 3 is 2.59 bits per heavy atom. The van der Waals surface area contributed by atoms with E-state index in [1.165, 1.54) is 0 Å². The number of amides is 2. The van der Waals surface area contributed by atoms with Gasteiger partial charge in [-0.1, -0.05) is 31.2 Å². The summed E-state index contributed by atoms with van der Waals surface area (Å²) in [7, 11) is 0. The Labute approximate surface area is 132 Å². The molecule has 1 fully saturated rings. The number of carbonyl (C=O) groups is 2. The van der Waals surface area contributed by atoms with Crippen molar-refractivity contribution < 1.29 is 9.59 Å². The molecule has 0 radical (unpaired) electrons. The van der Waals surface area contributed by atoms with Crippen molar-refractivity contribution in [2.24, 2.45) is 5.92 Å². The fourth-order valence-corrected chi connectivity index (χ4v) is 3.57. The van der Waals surface area contributed by atoms with Crippen LogP contribution in [0.3, 0.4) is 0 Å². The minimum atomic E-state index is -0.434. The van der Waals surface area contributed by atoms with Gasteiger partial charge in [0.05, 0.1) is 6.42 Å². The molecule has 1 aromatic carbocycles. The van der Waals surface area contributed by atoms with Gasteiger partial charge in [-0.2, -0.15) is 0 Å². The summed E-state index contributed by atoms with van der Waals surface area (Å²) in [6.45, 7) is 6.38. The SMILES string of the molecule is CCN1C(=O)Cc2ccccc2[C@@H]1C(=O)N1CCC(C)CC1. The molecule has 4 nitrogen and oxygen atoms in total.